The van der Waals surface area contributed by atoms with Crippen molar-refractivity contribution in [2.24, 2.45) is 5.92 Å². The first-order chi connectivity index (χ1) is 9.08. The Kier molecular flexibility index (Phi) is 5.06. The monoisotopic (exact) mass is 281 g/mol. The SMILES string of the molecule is CC(C)CNCc1cc(N(C)C2CCC2)ncc1Cl. The van der Waals surface area contributed by atoms with E-state index in [1.165, 1.54) is 19.3 Å². The molecule has 0 amide bonds. The minimum atomic E-state index is 0.651. The van der Waals surface area contributed by atoms with Crippen LogP contribution in [0.1, 0.15) is 38.7 Å². The normalized spacial score (nSPS) is 15.6. The van der Waals surface area contributed by atoms with Gasteiger partial charge in [-0.3, -0.25) is 0 Å². The molecule has 0 bridgehead atoms. The number of anilines is 1. The van der Waals surface area contributed by atoms with Gasteiger partial charge in [0.1, 0.15) is 5.82 Å². The van der Waals surface area contributed by atoms with E-state index in [1.54, 1.807) is 6.20 Å². The van der Waals surface area contributed by atoms with E-state index in [4.69, 9.17) is 11.6 Å². The van der Waals surface area contributed by atoms with E-state index in [1.807, 2.05) is 0 Å². The molecule has 0 saturated heterocycles. The Bertz CT molecular complexity index is 416. The van der Waals surface area contributed by atoms with Crippen LogP contribution in [0.2, 0.25) is 5.02 Å². The molecule has 0 unspecified atom stereocenters. The summed E-state index contributed by atoms with van der Waals surface area (Å²) in [5.41, 5.74) is 1.14. The minimum absolute atomic E-state index is 0.651. The number of halogens is 1. The first kappa shape index (κ1) is 14.6. The summed E-state index contributed by atoms with van der Waals surface area (Å²) < 4.78 is 0. The average Bonchev–Trinajstić information content (AvgIpc) is 2.28. The molecule has 0 spiro atoms. The molecule has 106 valence electrons. The van der Waals surface area contributed by atoms with Gasteiger partial charge in [-0.05, 0) is 43.4 Å². The Morgan fingerprint density at radius 3 is 2.79 bits per heavy atom. The first-order valence-electron chi connectivity index (χ1n) is 7.16. The summed E-state index contributed by atoms with van der Waals surface area (Å²) in [5, 5.41) is 4.19. The predicted octanol–water partition coefficient (Wildman–Crippen LogP) is 3.47. The molecule has 0 atom stereocenters. The van der Waals surface area contributed by atoms with Crippen molar-refractivity contribution in [2.75, 3.05) is 18.5 Å². The quantitative estimate of drug-likeness (QED) is 0.865. The van der Waals surface area contributed by atoms with Crippen LogP contribution in [0.3, 0.4) is 0 Å². The van der Waals surface area contributed by atoms with E-state index in [-0.39, 0.29) is 0 Å². The molecule has 0 radical (unpaired) electrons. The Morgan fingerprint density at radius 1 is 1.47 bits per heavy atom. The smallest absolute Gasteiger partial charge is 0.128 e. The maximum absolute atomic E-state index is 6.22. The van der Waals surface area contributed by atoms with Crippen molar-refractivity contribution in [3.8, 4) is 0 Å². The van der Waals surface area contributed by atoms with E-state index in [9.17, 15) is 0 Å². The molecule has 1 fully saturated rings. The van der Waals surface area contributed by atoms with Crippen molar-refractivity contribution >= 4 is 17.4 Å². The Labute approximate surface area is 121 Å². The van der Waals surface area contributed by atoms with Crippen molar-refractivity contribution in [1.29, 1.82) is 0 Å². The Morgan fingerprint density at radius 2 is 2.21 bits per heavy atom. The minimum Gasteiger partial charge on any atom is -0.357 e. The second kappa shape index (κ2) is 6.58. The molecular weight excluding hydrogens is 258 g/mol. The zero-order chi connectivity index (χ0) is 13.8. The highest BCUT2D eigenvalue weighted by atomic mass is 35.5. The maximum Gasteiger partial charge on any atom is 0.128 e. The molecule has 2 rings (SSSR count). The third kappa shape index (κ3) is 3.83. The van der Waals surface area contributed by atoms with Crippen LogP contribution in [0.15, 0.2) is 12.3 Å². The number of aromatic nitrogens is 1. The van der Waals surface area contributed by atoms with Gasteiger partial charge in [-0.25, -0.2) is 4.98 Å². The van der Waals surface area contributed by atoms with Crippen LogP contribution >= 0.6 is 11.6 Å². The van der Waals surface area contributed by atoms with Crippen LogP contribution in [-0.4, -0.2) is 24.6 Å². The third-order valence-corrected chi connectivity index (χ3v) is 4.11. The van der Waals surface area contributed by atoms with E-state index >= 15 is 0 Å². The zero-order valence-electron chi connectivity index (χ0n) is 12.1. The highest BCUT2D eigenvalue weighted by Gasteiger charge is 2.23. The number of hydrogen-bond donors (Lipinski definition) is 1. The standard InChI is InChI=1S/C15H24ClN3/c1-11(2)8-17-9-12-7-15(18-10-14(12)16)19(3)13-5-4-6-13/h7,10-11,13,17H,4-6,8-9H2,1-3H3. The summed E-state index contributed by atoms with van der Waals surface area (Å²) in [6.45, 7) is 6.23. The van der Waals surface area contributed by atoms with Crippen molar-refractivity contribution in [3.05, 3.63) is 22.8 Å². The molecule has 1 aliphatic carbocycles. The second-order valence-corrected chi connectivity index (χ2v) is 6.26. The summed E-state index contributed by atoms with van der Waals surface area (Å²) in [5.74, 6) is 1.69. The third-order valence-electron chi connectivity index (χ3n) is 3.77. The lowest BCUT2D eigenvalue weighted by Gasteiger charge is -2.35. The molecule has 3 nitrogen and oxygen atoms in total. The van der Waals surface area contributed by atoms with Gasteiger partial charge in [0.25, 0.3) is 0 Å². The van der Waals surface area contributed by atoms with Gasteiger partial charge in [-0.1, -0.05) is 25.4 Å². The molecule has 19 heavy (non-hydrogen) atoms. The van der Waals surface area contributed by atoms with E-state index in [2.05, 4.69) is 42.2 Å². The van der Waals surface area contributed by atoms with Gasteiger partial charge in [0.2, 0.25) is 0 Å². The van der Waals surface area contributed by atoms with E-state index in [0.717, 1.165) is 29.5 Å². The number of hydrogen-bond acceptors (Lipinski definition) is 3. The van der Waals surface area contributed by atoms with Crippen LogP contribution in [-0.2, 0) is 6.54 Å². The second-order valence-electron chi connectivity index (χ2n) is 5.85. The molecular formula is C15H24ClN3. The van der Waals surface area contributed by atoms with E-state index in [0.29, 0.717) is 12.0 Å². The summed E-state index contributed by atoms with van der Waals surface area (Å²) in [6, 6.07) is 2.78. The zero-order valence-corrected chi connectivity index (χ0v) is 12.9. The number of pyridine rings is 1. The summed E-state index contributed by atoms with van der Waals surface area (Å²) in [4.78, 5) is 6.73. The van der Waals surface area contributed by atoms with Gasteiger partial charge in [0.15, 0.2) is 0 Å². The predicted molar refractivity (Wildman–Crippen MR) is 81.8 cm³/mol. The average molecular weight is 282 g/mol. The van der Waals surface area contributed by atoms with Gasteiger partial charge < -0.3 is 10.2 Å². The van der Waals surface area contributed by atoms with Crippen LogP contribution in [0.25, 0.3) is 0 Å². The number of nitrogens with zero attached hydrogens (tertiary/aromatic N) is 2. The van der Waals surface area contributed by atoms with Crippen molar-refractivity contribution in [1.82, 2.24) is 10.3 Å². The Hall–Kier alpha value is -0.800. The van der Waals surface area contributed by atoms with Crippen LogP contribution in [0.4, 0.5) is 5.82 Å². The largest absolute Gasteiger partial charge is 0.357 e. The highest BCUT2D eigenvalue weighted by molar-refractivity contribution is 6.31. The summed E-state index contributed by atoms with van der Waals surface area (Å²) in [7, 11) is 2.13. The highest BCUT2D eigenvalue weighted by Crippen LogP contribution is 2.28. The lowest BCUT2D eigenvalue weighted by Crippen LogP contribution is -2.37. The fraction of sp³-hybridized carbons (Fsp3) is 0.667. The Balaban J connectivity index is 2.01. The van der Waals surface area contributed by atoms with Crippen LogP contribution in [0, 0.1) is 5.92 Å². The molecule has 1 saturated carbocycles. The van der Waals surface area contributed by atoms with Gasteiger partial charge in [0, 0.05) is 25.8 Å². The molecule has 0 aromatic carbocycles. The van der Waals surface area contributed by atoms with Gasteiger partial charge >= 0.3 is 0 Å². The molecule has 1 N–H and O–H groups in total. The van der Waals surface area contributed by atoms with Gasteiger partial charge in [-0.2, -0.15) is 0 Å². The van der Waals surface area contributed by atoms with E-state index < -0.39 is 0 Å². The molecule has 4 heteroatoms. The summed E-state index contributed by atoms with van der Waals surface area (Å²) >= 11 is 6.22. The maximum atomic E-state index is 6.22. The fourth-order valence-corrected chi connectivity index (χ4v) is 2.42. The molecule has 0 aliphatic heterocycles. The fourth-order valence-electron chi connectivity index (χ4n) is 2.25. The molecule has 1 aromatic rings. The number of rotatable bonds is 6. The van der Waals surface area contributed by atoms with Crippen molar-refractivity contribution < 1.29 is 0 Å². The topological polar surface area (TPSA) is 28.2 Å². The molecule has 1 aromatic heterocycles. The molecule has 1 heterocycles. The van der Waals surface area contributed by atoms with Crippen molar-refractivity contribution in [3.63, 3.8) is 0 Å². The van der Waals surface area contributed by atoms with Crippen LogP contribution < -0.4 is 10.2 Å². The lowest BCUT2D eigenvalue weighted by molar-refractivity contribution is 0.399. The van der Waals surface area contributed by atoms with Gasteiger partial charge in [0.05, 0.1) is 5.02 Å². The lowest BCUT2D eigenvalue weighted by atomic mass is 9.92. The van der Waals surface area contributed by atoms with Gasteiger partial charge in [-0.15, -0.1) is 0 Å². The van der Waals surface area contributed by atoms with Crippen LogP contribution in [0.5, 0.6) is 0 Å². The summed E-state index contributed by atoms with van der Waals surface area (Å²) in [6.07, 6.45) is 5.67. The number of nitrogens with one attached hydrogen (secondary N) is 1. The molecule has 1 aliphatic rings. The first-order valence-corrected chi connectivity index (χ1v) is 7.53. The van der Waals surface area contributed by atoms with Crippen molar-refractivity contribution in [2.45, 2.75) is 45.7 Å².